The fourth-order valence-corrected chi connectivity index (χ4v) is 15.8. The molecular formula is C119H144N2O28. The number of benzene rings is 7. The van der Waals surface area contributed by atoms with Gasteiger partial charge in [-0.1, -0.05) is 160 Å². The molecule has 4 unspecified atom stereocenters. The number of hydrogen-bond acceptors (Lipinski definition) is 28. The van der Waals surface area contributed by atoms with E-state index in [9.17, 15) is 43.2 Å². The molecule has 7 aromatic rings. The van der Waals surface area contributed by atoms with Gasteiger partial charge in [0, 0.05) is 43.5 Å². The molecular weight excluding hydrogens is 1910 g/mol. The quantitative estimate of drug-likeness (QED) is 0.00499. The summed E-state index contributed by atoms with van der Waals surface area (Å²) in [5, 5.41) is 0. The third kappa shape index (κ3) is 43.4. The van der Waals surface area contributed by atoms with E-state index in [2.05, 4.69) is 39.5 Å². The molecule has 2 saturated heterocycles. The number of carbonyl (C=O) groups excluding carboxylic acids is 9. The Balaban J connectivity index is 0.000000249. The molecule has 30 nitrogen and oxygen atoms in total. The van der Waals surface area contributed by atoms with Crippen molar-refractivity contribution < 1.29 is 134 Å². The second-order valence-corrected chi connectivity index (χ2v) is 35.4. The van der Waals surface area contributed by atoms with E-state index in [4.69, 9.17) is 90.9 Å². The van der Waals surface area contributed by atoms with Gasteiger partial charge in [-0.15, -0.1) is 13.2 Å². The zero-order valence-corrected chi connectivity index (χ0v) is 86.2. The third-order valence-corrected chi connectivity index (χ3v) is 23.8. The maximum Gasteiger partial charge on any atom is 0.343 e. The minimum absolute atomic E-state index is 0.152. The van der Waals surface area contributed by atoms with Gasteiger partial charge in [0.25, 0.3) is 11.8 Å². The molecule has 4 heterocycles. The van der Waals surface area contributed by atoms with Crippen LogP contribution in [0.5, 0.6) is 34.5 Å². The molecule has 11 rings (SSSR count). The summed E-state index contributed by atoms with van der Waals surface area (Å²) in [6.45, 7) is 33.9. The number of ether oxygens (including phenoxy) is 13. The molecule has 0 aliphatic carbocycles. The van der Waals surface area contributed by atoms with Crippen LogP contribution in [0.1, 0.15) is 214 Å². The van der Waals surface area contributed by atoms with Crippen LogP contribution in [-0.4, -0.2) is 200 Å². The maximum atomic E-state index is 14.3. The first-order valence-corrected chi connectivity index (χ1v) is 51.4. The van der Waals surface area contributed by atoms with Crippen LogP contribution in [-0.2, 0) is 96.0 Å². The van der Waals surface area contributed by atoms with E-state index in [1.54, 1.807) is 102 Å². The Bertz CT molecular complexity index is 5380. The Morgan fingerprint density at radius 1 is 0.342 bits per heavy atom. The van der Waals surface area contributed by atoms with E-state index in [-0.39, 0.29) is 37.6 Å². The van der Waals surface area contributed by atoms with E-state index < -0.39 is 60.2 Å². The molecule has 149 heavy (non-hydrogen) atoms. The summed E-state index contributed by atoms with van der Waals surface area (Å²) in [5.74, 6) is 0.149. The Hall–Kier alpha value is -14.0. The number of fused-ring (bicyclic) bond motifs is 2. The first-order chi connectivity index (χ1) is 72.7. The van der Waals surface area contributed by atoms with Gasteiger partial charge in [-0.3, -0.25) is 9.59 Å². The average molecular weight is 2050 g/mol. The topological polar surface area (TPSA) is 335 Å². The van der Waals surface area contributed by atoms with Crippen molar-refractivity contribution in [1.29, 1.82) is 0 Å². The summed E-state index contributed by atoms with van der Waals surface area (Å²) in [5.41, 5.74) is 9.39. The van der Waals surface area contributed by atoms with Crippen LogP contribution >= 0.6 is 0 Å². The fourth-order valence-electron chi connectivity index (χ4n) is 15.8. The van der Waals surface area contributed by atoms with E-state index in [0.29, 0.717) is 155 Å². The number of carbonyl (C=O) groups is 9. The van der Waals surface area contributed by atoms with Gasteiger partial charge in [0.15, 0.2) is 6.10 Å². The highest BCUT2D eigenvalue weighted by Crippen LogP contribution is 2.47. The standard InChI is InChI=1S/C42H54O12.C39H46O10.C38H44N2O6/c1-3-25-50-51-29-12-8-7-10-27-45-35-20-15-33(16-21-35)14-13-30-52-54-38-32-49-41-37(31-48-42(38)41)53-40(44)24-19-34-17-22-36(23-18-34)46-26-9-5-6-11-28-47-39(43)4-2;1-4-24-46-47-28-13-9-8-11-26-44-34-20-16-32(17-21-34)39(42)49-36-23-22-35(29-30(36)3)48-38(41)31-14-18-33(19-15-31)43-25-10-6-7-12-27-45-37(40)5-2;1-5-31(41)45-25-13-9-7-11-23-39-35(29-19-15-27(3)16-20-29)33-34(37(39)43)36(30-21-17-28(4)18-22-30)40(38(33)44)24-12-8-10-14-26-46-32(42)6-2/h3-4,13-24,37-38,41-42H,1-2,5-12,25-32H2;4-5,14-23,29H,1-2,6-13,24-28H2,3H3;5-6,15-22H,1-2,7-14,23-26H2,3-4H3/b14-13+,24-19+;;. The number of rotatable bonds is 70. The van der Waals surface area contributed by atoms with Gasteiger partial charge in [-0.2, -0.15) is 0 Å². The summed E-state index contributed by atoms with van der Waals surface area (Å²) in [4.78, 5) is 146. The lowest BCUT2D eigenvalue weighted by Gasteiger charge is -2.25. The minimum atomic E-state index is -0.543. The zero-order chi connectivity index (χ0) is 106. The van der Waals surface area contributed by atoms with Crippen LogP contribution < -0.4 is 28.4 Å². The zero-order valence-electron chi connectivity index (χ0n) is 86.2. The summed E-state index contributed by atoms with van der Waals surface area (Å²) in [6, 6.07) is 49.6. The number of amides is 2. The van der Waals surface area contributed by atoms with Crippen molar-refractivity contribution >= 4 is 77.1 Å². The van der Waals surface area contributed by atoms with Crippen LogP contribution in [0.25, 0.3) is 23.5 Å². The number of esters is 7. The number of nitrogens with zero attached hydrogens (tertiary/aromatic N) is 2. The van der Waals surface area contributed by atoms with Crippen molar-refractivity contribution in [2.45, 2.75) is 199 Å². The second kappa shape index (κ2) is 69.3. The van der Waals surface area contributed by atoms with Crippen LogP contribution in [0.15, 0.2) is 263 Å². The predicted molar refractivity (Wildman–Crippen MR) is 566 cm³/mol. The second-order valence-electron chi connectivity index (χ2n) is 35.4. The van der Waals surface area contributed by atoms with Gasteiger partial charge in [0.1, 0.15) is 72.6 Å². The van der Waals surface area contributed by atoms with Gasteiger partial charge in [0.2, 0.25) is 0 Å². The summed E-state index contributed by atoms with van der Waals surface area (Å²) >= 11 is 0. The maximum absolute atomic E-state index is 14.3. The number of unbranched alkanes of at least 4 members (excludes halogenated alkanes) is 18. The van der Waals surface area contributed by atoms with Crippen LogP contribution in [0.4, 0.5) is 0 Å². The minimum Gasteiger partial charge on any atom is -0.494 e. The Kier molecular flexibility index (Phi) is 55.2. The van der Waals surface area contributed by atoms with Crippen molar-refractivity contribution in [2.75, 3.05) is 112 Å². The summed E-state index contributed by atoms with van der Waals surface area (Å²) in [6.07, 6.45) is 34.5. The van der Waals surface area contributed by atoms with Gasteiger partial charge in [0.05, 0.1) is 113 Å². The molecule has 2 amide bonds. The molecule has 0 N–H and O–H groups in total. The predicted octanol–water partition coefficient (Wildman–Crippen LogP) is 22.0. The SMILES string of the molecule is C=CC(=O)OCCCCCCN1C(=O)C2=C(c3ccc(C)cc3)N(CCCCCCOC(=O)C=C)C(=O)C2=C1c1ccc(C)cc1.C=CCOOCCCCCCOc1ccc(/C=C/COOC2COC3C(OC(=O)/C=C/c4ccc(OCCCCCCOC(=O)C=C)cc4)COC23)cc1.C=CCOOCCCCCCOc1ccc(C(=O)Oc2ccc(OC(=O)c3ccc(OCCCCCCOC(=O)C=C)cc3)cc2C)cc1. The van der Waals surface area contributed by atoms with E-state index in [1.165, 1.54) is 12.2 Å². The van der Waals surface area contributed by atoms with Crippen molar-refractivity contribution in [2.24, 2.45) is 0 Å². The summed E-state index contributed by atoms with van der Waals surface area (Å²) in [7, 11) is 0. The molecule has 0 bridgehead atoms. The Labute approximate surface area is 875 Å². The molecule has 0 aromatic heterocycles. The first-order valence-electron chi connectivity index (χ1n) is 51.4. The van der Waals surface area contributed by atoms with Crippen LogP contribution in [0, 0.1) is 20.8 Å². The molecule has 30 heteroatoms. The highest BCUT2D eigenvalue weighted by molar-refractivity contribution is 6.30. The van der Waals surface area contributed by atoms with E-state index in [1.807, 2.05) is 123 Å². The molecule has 7 aromatic carbocycles. The normalized spacial score (nSPS) is 14.8. The third-order valence-electron chi connectivity index (χ3n) is 23.8. The molecule has 798 valence electrons. The molecule has 2 fully saturated rings. The number of hydrogen-bond donors (Lipinski definition) is 0. The van der Waals surface area contributed by atoms with E-state index >= 15 is 0 Å². The molecule has 0 saturated carbocycles. The molecule has 4 aliphatic heterocycles. The first kappa shape index (κ1) is 119. The number of aryl methyl sites for hydroxylation is 3. The highest BCUT2D eigenvalue weighted by Gasteiger charge is 2.51. The van der Waals surface area contributed by atoms with Crippen molar-refractivity contribution in [3.63, 3.8) is 0 Å². The smallest absolute Gasteiger partial charge is 0.343 e. The van der Waals surface area contributed by atoms with Gasteiger partial charge >= 0.3 is 41.8 Å². The van der Waals surface area contributed by atoms with Gasteiger partial charge in [-0.25, -0.2) is 62.9 Å². The average Bonchev–Trinajstić information content (AvgIpc) is 1.55. The van der Waals surface area contributed by atoms with Gasteiger partial charge < -0.3 is 71.4 Å². The largest absolute Gasteiger partial charge is 0.494 e. The fraction of sp³-hybridized carbons (Fsp3) is 0.403. The molecule has 0 spiro atoms. The lowest BCUT2D eigenvalue weighted by atomic mass is 10.0. The molecule has 4 atom stereocenters. The monoisotopic (exact) mass is 2050 g/mol. The van der Waals surface area contributed by atoms with Crippen molar-refractivity contribution in [3.05, 3.63) is 313 Å². The van der Waals surface area contributed by atoms with Crippen LogP contribution in [0.3, 0.4) is 0 Å². The van der Waals surface area contributed by atoms with E-state index in [0.717, 1.165) is 217 Å². The Morgan fingerprint density at radius 2 is 0.685 bits per heavy atom. The Morgan fingerprint density at radius 3 is 1.07 bits per heavy atom. The van der Waals surface area contributed by atoms with Crippen molar-refractivity contribution in [1.82, 2.24) is 9.80 Å². The van der Waals surface area contributed by atoms with Crippen molar-refractivity contribution in [3.8, 4) is 34.5 Å². The summed E-state index contributed by atoms with van der Waals surface area (Å²) < 4.78 is 71.7. The molecule has 4 aliphatic rings. The highest BCUT2D eigenvalue weighted by atomic mass is 17.2. The lowest BCUT2D eigenvalue weighted by Crippen LogP contribution is -2.34. The lowest BCUT2D eigenvalue weighted by molar-refractivity contribution is -0.326. The van der Waals surface area contributed by atoms with Crippen LogP contribution in [0.2, 0.25) is 0 Å². The van der Waals surface area contributed by atoms with Gasteiger partial charge in [-0.05, 0) is 274 Å². The molecule has 0 radical (unpaired) electrons.